The second kappa shape index (κ2) is 11.6. The number of para-hydroxylation sites is 1. The van der Waals surface area contributed by atoms with Gasteiger partial charge >= 0.3 is 12.7 Å². The monoisotopic (exact) mass is 575 g/mol. The molecule has 1 unspecified atom stereocenters. The minimum atomic E-state index is -3.24. The normalized spacial score (nSPS) is 13.0. The molecular formula is C28H29F3N3O5P. The van der Waals surface area contributed by atoms with Crippen molar-refractivity contribution in [3.05, 3.63) is 71.8 Å². The summed E-state index contributed by atoms with van der Waals surface area (Å²) in [5.74, 6) is -0.558. The predicted molar refractivity (Wildman–Crippen MR) is 147 cm³/mol. The Balaban J connectivity index is 2.06. The highest BCUT2D eigenvalue weighted by atomic mass is 31.1. The van der Waals surface area contributed by atoms with E-state index in [0.717, 1.165) is 4.90 Å². The molecule has 0 spiro atoms. The van der Waals surface area contributed by atoms with E-state index in [9.17, 15) is 33.3 Å². The molecule has 4 aromatic rings. The van der Waals surface area contributed by atoms with Crippen LogP contribution in [-0.4, -0.2) is 69.1 Å². The largest absolute Gasteiger partial charge is 0.433 e. The summed E-state index contributed by atoms with van der Waals surface area (Å²) in [7, 11) is 0.579. The molecule has 0 radical (unpaired) electrons. The molecule has 0 bridgehead atoms. The third-order valence-electron chi connectivity index (χ3n) is 6.67. The molecule has 1 atom stereocenters. The number of nitrogens with zero attached hydrogens (tertiary/aromatic N) is 3. The van der Waals surface area contributed by atoms with Crippen molar-refractivity contribution in [1.82, 2.24) is 14.5 Å². The van der Waals surface area contributed by atoms with Crippen molar-refractivity contribution in [2.45, 2.75) is 32.1 Å². The van der Waals surface area contributed by atoms with Gasteiger partial charge in [-0.3, -0.25) is 9.36 Å². The first-order valence-electron chi connectivity index (χ1n) is 12.3. The molecule has 0 saturated carbocycles. The quantitative estimate of drug-likeness (QED) is 0.144. The molecule has 1 aromatic heterocycles. The van der Waals surface area contributed by atoms with Crippen LogP contribution in [0.5, 0.6) is 5.75 Å². The number of hydrogen-bond acceptors (Lipinski definition) is 7. The molecular weight excluding hydrogens is 546 g/mol. The lowest BCUT2D eigenvalue weighted by Crippen LogP contribution is -2.48. The number of aliphatic hydroxyl groups is 3. The Hall–Kier alpha value is -3.34. The number of carbonyl (C=O) groups excluding carboxylic acids is 1. The third-order valence-corrected chi connectivity index (χ3v) is 7.99. The first-order chi connectivity index (χ1) is 18.9. The second-order valence-electron chi connectivity index (χ2n) is 9.39. The molecule has 212 valence electrons. The predicted octanol–water partition coefficient (Wildman–Crippen LogP) is 4.58. The van der Waals surface area contributed by atoms with Crippen LogP contribution in [0.2, 0.25) is 0 Å². The third kappa shape index (κ3) is 5.75. The van der Waals surface area contributed by atoms with E-state index in [1.807, 2.05) is 13.3 Å². The SMILES string of the molecule is CCC(c1nc2ccc(-c3ccc(P(C)C)c(F)c3)cc2n1-c1c(C=O)cccc1OC(F)F)N(C)C(O)(O)O. The van der Waals surface area contributed by atoms with Crippen LogP contribution in [0, 0.1) is 5.82 Å². The molecule has 40 heavy (non-hydrogen) atoms. The van der Waals surface area contributed by atoms with Gasteiger partial charge in [-0.25, -0.2) is 14.3 Å². The molecule has 0 aliphatic heterocycles. The number of rotatable bonds is 10. The van der Waals surface area contributed by atoms with Crippen LogP contribution in [0.1, 0.15) is 35.6 Å². The van der Waals surface area contributed by atoms with Gasteiger partial charge in [-0.15, -0.1) is 0 Å². The Labute approximate surface area is 230 Å². The van der Waals surface area contributed by atoms with Gasteiger partial charge in [0.05, 0.1) is 17.1 Å². The molecule has 3 N–H and O–H groups in total. The van der Waals surface area contributed by atoms with E-state index in [4.69, 9.17) is 4.74 Å². The van der Waals surface area contributed by atoms with Crippen molar-refractivity contribution in [3.63, 3.8) is 0 Å². The van der Waals surface area contributed by atoms with Gasteiger partial charge in [-0.2, -0.15) is 8.78 Å². The number of alkyl halides is 2. The van der Waals surface area contributed by atoms with Gasteiger partial charge in [0.2, 0.25) is 0 Å². The first kappa shape index (κ1) is 29.6. The van der Waals surface area contributed by atoms with Gasteiger partial charge in [0.1, 0.15) is 17.3 Å². The Morgan fingerprint density at radius 3 is 2.35 bits per heavy atom. The van der Waals surface area contributed by atoms with E-state index in [1.165, 1.54) is 35.9 Å². The number of benzene rings is 3. The summed E-state index contributed by atoms with van der Waals surface area (Å²) in [6, 6.07) is 13.1. The molecule has 1 heterocycles. The summed E-state index contributed by atoms with van der Waals surface area (Å²) in [5, 5.41) is 30.4. The van der Waals surface area contributed by atoms with Gasteiger partial charge in [0.25, 0.3) is 0 Å². The molecule has 4 rings (SSSR count). The van der Waals surface area contributed by atoms with Crippen LogP contribution >= 0.6 is 7.92 Å². The van der Waals surface area contributed by atoms with Crippen molar-refractivity contribution in [1.29, 1.82) is 0 Å². The van der Waals surface area contributed by atoms with E-state index in [0.29, 0.717) is 33.8 Å². The van der Waals surface area contributed by atoms with Crippen molar-refractivity contribution < 1.29 is 38.0 Å². The molecule has 0 amide bonds. The first-order valence-corrected chi connectivity index (χ1v) is 14.5. The molecule has 3 aromatic carbocycles. The summed E-state index contributed by atoms with van der Waals surface area (Å²) in [5.41, 5.74) is 1.82. The molecule has 0 aliphatic carbocycles. The Morgan fingerprint density at radius 1 is 1.10 bits per heavy atom. The van der Waals surface area contributed by atoms with Crippen LogP contribution in [0.4, 0.5) is 13.2 Å². The minimum Gasteiger partial charge on any atom is -0.433 e. The fourth-order valence-electron chi connectivity index (χ4n) is 4.68. The van der Waals surface area contributed by atoms with Gasteiger partial charge in [-0.05, 0) is 68.3 Å². The molecule has 0 aliphatic rings. The number of hydrogen-bond donors (Lipinski definition) is 3. The van der Waals surface area contributed by atoms with Gasteiger partial charge < -0.3 is 20.1 Å². The zero-order chi connectivity index (χ0) is 29.4. The topological polar surface area (TPSA) is 108 Å². The average Bonchev–Trinajstić information content (AvgIpc) is 3.25. The average molecular weight is 576 g/mol. The lowest BCUT2D eigenvalue weighted by Gasteiger charge is -2.33. The van der Waals surface area contributed by atoms with E-state index < -0.39 is 26.7 Å². The maximum atomic E-state index is 14.9. The van der Waals surface area contributed by atoms with E-state index in [1.54, 1.807) is 37.3 Å². The number of fused-ring (bicyclic) bond motifs is 1. The summed E-state index contributed by atoms with van der Waals surface area (Å²) in [6.45, 7) is 2.39. The summed E-state index contributed by atoms with van der Waals surface area (Å²) < 4.78 is 47.9. The molecule has 12 heteroatoms. The Kier molecular flexibility index (Phi) is 8.63. The van der Waals surface area contributed by atoms with Gasteiger partial charge in [0.15, 0.2) is 12.0 Å². The summed E-state index contributed by atoms with van der Waals surface area (Å²) in [4.78, 5) is 17.6. The lowest BCUT2D eigenvalue weighted by molar-refractivity contribution is -0.396. The van der Waals surface area contributed by atoms with E-state index in [2.05, 4.69) is 4.98 Å². The summed E-state index contributed by atoms with van der Waals surface area (Å²) in [6.07, 6.45) is -2.57. The highest BCUT2D eigenvalue weighted by Crippen LogP contribution is 2.38. The molecule has 8 nitrogen and oxygen atoms in total. The van der Waals surface area contributed by atoms with Crippen molar-refractivity contribution in [2.75, 3.05) is 20.4 Å². The fraction of sp³-hybridized carbons (Fsp3) is 0.286. The number of halogens is 3. The highest BCUT2D eigenvalue weighted by molar-refractivity contribution is 7.64. The second-order valence-corrected chi connectivity index (χ2v) is 11.7. The van der Waals surface area contributed by atoms with Crippen LogP contribution in [0.25, 0.3) is 27.8 Å². The van der Waals surface area contributed by atoms with Crippen LogP contribution in [0.3, 0.4) is 0 Å². The smallest absolute Gasteiger partial charge is 0.387 e. The molecule has 0 saturated heterocycles. The lowest BCUT2D eigenvalue weighted by atomic mass is 10.0. The minimum absolute atomic E-state index is 0.000451. The van der Waals surface area contributed by atoms with Crippen molar-refractivity contribution in [3.8, 4) is 22.6 Å². The number of aromatic nitrogens is 2. The maximum absolute atomic E-state index is 14.9. The van der Waals surface area contributed by atoms with E-state index >= 15 is 0 Å². The number of ether oxygens (including phenoxy) is 1. The Bertz CT molecular complexity index is 1540. The van der Waals surface area contributed by atoms with Crippen LogP contribution in [-0.2, 0) is 0 Å². The highest BCUT2D eigenvalue weighted by Gasteiger charge is 2.36. The Morgan fingerprint density at radius 2 is 1.77 bits per heavy atom. The molecule has 0 fully saturated rings. The van der Waals surface area contributed by atoms with Crippen LogP contribution in [0.15, 0.2) is 54.6 Å². The van der Waals surface area contributed by atoms with Crippen LogP contribution < -0.4 is 10.0 Å². The van der Waals surface area contributed by atoms with Crippen molar-refractivity contribution >= 4 is 30.5 Å². The van der Waals surface area contributed by atoms with E-state index in [-0.39, 0.29) is 35.1 Å². The fourth-order valence-corrected chi connectivity index (χ4v) is 5.55. The summed E-state index contributed by atoms with van der Waals surface area (Å²) >= 11 is 0. The van der Waals surface area contributed by atoms with Crippen molar-refractivity contribution in [2.24, 2.45) is 0 Å². The number of imidazole rings is 1. The van der Waals surface area contributed by atoms with Gasteiger partial charge in [-0.1, -0.05) is 39.1 Å². The maximum Gasteiger partial charge on any atom is 0.387 e. The van der Waals surface area contributed by atoms with Gasteiger partial charge in [0, 0.05) is 10.9 Å². The zero-order valence-corrected chi connectivity index (χ0v) is 23.1. The number of carbonyl (C=O) groups is 1. The standard InChI is InChI=1S/C28H29F3N3O5P/c1-5-21(33(2)28(36,37)38)26-32-20-11-9-17(16-10-12-24(40(3)4)19(29)13-16)14-22(20)34(26)25-18(15-35)7-6-8-23(25)39-27(30)31/h6-15,21,27,36-38H,5H2,1-4H3. The number of aldehydes is 1. The zero-order valence-electron chi connectivity index (χ0n) is 22.2.